The van der Waals surface area contributed by atoms with Gasteiger partial charge in [-0.05, 0) is 30.2 Å². The number of ketones is 1. The number of carbonyl (C=O) groups is 2. The Morgan fingerprint density at radius 2 is 1.50 bits per heavy atom. The average Bonchev–Trinajstić information content (AvgIpc) is 3.40. The molecule has 2 heterocycles. The fourth-order valence-electron chi connectivity index (χ4n) is 4.43. The Balaban J connectivity index is 1.44. The summed E-state index contributed by atoms with van der Waals surface area (Å²) in [5.41, 5.74) is 5.18. The highest BCUT2D eigenvalue weighted by molar-refractivity contribution is 6.45. The summed E-state index contributed by atoms with van der Waals surface area (Å²) in [5.74, 6) is -1.21. The number of para-hydroxylation sites is 2. The van der Waals surface area contributed by atoms with Gasteiger partial charge in [0.25, 0.3) is 11.7 Å². The predicted octanol–water partition coefficient (Wildman–Crippen LogP) is 5.09. The first-order valence-corrected chi connectivity index (χ1v) is 10.6. The van der Waals surface area contributed by atoms with Gasteiger partial charge in [-0.1, -0.05) is 66.7 Å². The number of nitrogens with one attached hydrogen (secondary N) is 3. The van der Waals surface area contributed by atoms with Crippen LogP contribution in [-0.2, 0) is 4.79 Å². The molecule has 5 nitrogen and oxygen atoms in total. The highest BCUT2D eigenvalue weighted by Crippen LogP contribution is 2.30. The summed E-state index contributed by atoms with van der Waals surface area (Å²) >= 11 is 0. The number of aryl methyl sites for hydroxylation is 1. The van der Waals surface area contributed by atoms with Gasteiger partial charge in [0.15, 0.2) is 0 Å². The smallest absolute Gasteiger partial charge is 0.292 e. The first kappa shape index (κ1) is 19.8. The minimum Gasteiger partial charge on any atom is -0.361 e. The Morgan fingerprint density at radius 1 is 0.844 bits per heavy atom. The molecule has 0 radical (unpaired) electrons. The summed E-state index contributed by atoms with van der Waals surface area (Å²) in [7, 11) is 0. The maximum Gasteiger partial charge on any atom is 0.292 e. The Bertz CT molecular complexity index is 1430. The van der Waals surface area contributed by atoms with Crippen molar-refractivity contribution in [3.63, 3.8) is 0 Å². The van der Waals surface area contributed by atoms with Crippen LogP contribution in [0.5, 0.6) is 0 Å². The van der Waals surface area contributed by atoms with Crippen molar-refractivity contribution in [1.82, 2.24) is 15.3 Å². The van der Waals surface area contributed by atoms with Crippen LogP contribution in [0.2, 0.25) is 0 Å². The van der Waals surface area contributed by atoms with Crippen LogP contribution < -0.4 is 5.32 Å². The van der Waals surface area contributed by atoms with E-state index >= 15 is 0 Å². The fraction of sp³-hybridized carbons (Fsp3) is 0.111. The van der Waals surface area contributed by atoms with E-state index in [2.05, 4.69) is 21.4 Å². The van der Waals surface area contributed by atoms with Gasteiger partial charge in [0.2, 0.25) is 0 Å². The highest BCUT2D eigenvalue weighted by atomic mass is 16.2. The van der Waals surface area contributed by atoms with E-state index in [4.69, 9.17) is 0 Å². The van der Waals surface area contributed by atoms with Crippen LogP contribution in [0.4, 0.5) is 0 Å². The SMILES string of the molecule is Cc1[nH]c2ccccc2c1C(=O)C(=O)NCC(c1ccccc1)c1c[nH]c2ccccc12. The van der Waals surface area contributed by atoms with Gasteiger partial charge < -0.3 is 15.3 Å². The Morgan fingerprint density at radius 3 is 2.28 bits per heavy atom. The Kier molecular flexibility index (Phi) is 5.07. The summed E-state index contributed by atoms with van der Waals surface area (Å²) in [6.45, 7) is 2.14. The lowest BCUT2D eigenvalue weighted by molar-refractivity contribution is -0.117. The van der Waals surface area contributed by atoms with Crippen molar-refractivity contribution in [2.75, 3.05) is 6.54 Å². The molecule has 0 bridgehead atoms. The van der Waals surface area contributed by atoms with E-state index < -0.39 is 11.7 Å². The topological polar surface area (TPSA) is 77.8 Å². The number of amides is 1. The Labute approximate surface area is 185 Å². The van der Waals surface area contributed by atoms with Crippen molar-refractivity contribution in [3.8, 4) is 0 Å². The molecule has 5 aromatic rings. The van der Waals surface area contributed by atoms with E-state index in [1.807, 2.05) is 85.9 Å². The first-order chi connectivity index (χ1) is 15.6. The van der Waals surface area contributed by atoms with Gasteiger partial charge in [0, 0.05) is 46.2 Å². The third-order valence-corrected chi connectivity index (χ3v) is 5.99. The second kappa shape index (κ2) is 8.19. The number of aromatic amines is 2. The third-order valence-electron chi connectivity index (χ3n) is 5.99. The quantitative estimate of drug-likeness (QED) is 0.264. The molecule has 0 aliphatic carbocycles. The molecule has 32 heavy (non-hydrogen) atoms. The Hall–Kier alpha value is -4.12. The molecule has 1 atom stereocenters. The number of rotatable bonds is 6. The summed E-state index contributed by atoms with van der Waals surface area (Å²) in [6, 6.07) is 25.7. The van der Waals surface area contributed by atoms with E-state index in [1.54, 1.807) is 0 Å². The molecular weight excluding hydrogens is 398 g/mol. The van der Waals surface area contributed by atoms with Gasteiger partial charge in [-0.25, -0.2) is 0 Å². The number of fused-ring (bicyclic) bond motifs is 2. The molecule has 0 fully saturated rings. The second-order valence-corrected chi connectivity index (χ2v) is 7.96. The van der Waals surface area contributed by atoms with Crippen LogP contribution in [0.25, 0.3) is 21.8 Å². The van der Waals surface area contributed by atoms with Crippen LogP contribution in [0.3, 0.4) is 0 Å². The lowest BCUT2D eigenvalue weighted by Crippen LogP contribution is -2.34. The fourth-order valence-corrected chi connectivity index (χ4v) is 4.43. The van der Waals surface area contributed by atoms with Gasteiger partial charge in [0.05, 0.1) is 5.56 Å². The van der Waals surface area contributed by atoms with Gasteiger partial charge in [0.1, 0.15) is 0 Å². The number of aromatic nitrogens is 2. The van der Waals surface area contributed by atoms with Gasteiger partial charge in [-0.2, -0.15) is 0 Å². The molecule has 0 saturated carbocycles. The lowest BCUT2D eigenvalue weighted by Gasteiger charge is -2.18. The minimum atomic E-state index is -0.598. The average molecular weight is 422 g/mol. The highest BCUT2D eigenvalue weighted by Gasteiger charge is 2.25. The van der Waals surface area contributed by atoms with Crippen molar-refractivity contribution in [1.29, 1.82) is 0 Å². The molecule has 0 saturated heterocycles. The van der Waals surface area contributed by atoms with E-state index in [0.29, 0.717) is 17.8 Å². The third kappa shape index (κ3) is 3.48. The minimum absolute atomic E-state index is 0.0897. The van der Waals surface area contributed by atoms with E-state index in [-0.39, 0.29) is 5.92 Å². The van der Waals surface area contributed by atoms with E-state index in [1.165, 1.54) is 0 Å². The van der Waals surface area contributed by atoms with Crippen LogP contribution in [-0.4, -0.2) is 28.2 Å². The lowest BCUT2D eigenvalue weighted by atomic mass is 9.91. The molecule has 158 valence electrons. The molecule has 3 N–H and O–H groups in total. The summed E-state index contributed by atoms with van der Waals surface area (Å²) in [4.78, 5) is 32.5. The predicted molar refractivity (Wildman–Crippen MR) is 127 cm³/mol. The van der Waals surface area contributed by atoms with Crippen LogP contribution >= 0.6 is 0 Å². The van der Waals surface area contributed by atoms with Crippen LogP contribution in [0.1, 0.15) is 33.1 Å². The molecule has 1 amide bonds. The molecule has 5 heteroatoms. The number of benzene rings is 3. The molecule has 1 unspecified atom stereocenters. The van der Waals surface area contributed by atoms with Crippen LogP contribution in [0, 0.1) is 6.92 Å². The van der Waals surface area contributed by atoms with Gasteiger partial charge >= 0.3 is 0 Å². The summed E-state index contributed by atoms with van der Waals surface area (Å²) in [5, 5.41) is 4.77. The van der Waals surface area contributed by atoms with E-state index in [0.717, 1.165) is 32.9 Å². The maximum absolute atomic E-state index is 13.1. The summed E-state index contributed by atoms with van der Waals surface area (Å²) in [6.07, 6.45) is 1.99. The normalized spacial score (nSPS) is 12.2. The summed E-state index contributed by atoms with van der Waals surface area (Å²) < 4.78 is 0. The number of hydrogen-bond acceptors (Lipinski definition) is 2. The zero-order valence-corrected chi connectivity index (χ0v) is 17.7. The molecule has 0 spiro atoms. The maximum atomic E-state index is 13.1. The molecule has 3 aromatic carbocycles. The van der Waals surface area contributed by atoms with Crippen molar-refractivity contribution in [2.24, 2.45) is 0 Å². The molecule has 0 aliphatic rings. The standard InChI is InChI=1S/C27H23N3O2/c1-17-25(20-12-6-8-14-24(20)30-17)26(31)27(32)29-15-21(18-9-3-2-4-10-18)22-16-28-23-13-7-5-11-19(22)23/h2-14,16,21,28,30H,15H2,1H3,(H,29,32). The number of hydrogen-bond donors (Lipinski definition) is 3. The molecule has 5 rings (SSSR count). The largest absolute Gasteiger partial charge is 0.361 e. The van der Waals surface area contributed by atoms with Crippen LogP contribution in [0.15, 0.2) is 85.1 Å². The van der Waals surface area contributed by atoms with Crippen molar-refractivity contribution >= 4 is 33.5 Å². The number of H-pyrrole nitrogens is 2. The number of Topliss-reactive ketones (excluding diaryl/α,β-unsaturated/α-hetero) is 1. The zero-order valence-electron chi connectivity index (χ0n) is 17.7. The zero-order chi connectivity index (χ0) is 22.1. The van der Waals surface area contributed by atoms with Crippen molar-refractivity contribution in [2.45, 2.75) is 12.8 Å². The van der Waals surface area contributed by atoms with Gasteiger partial charge in [-0.3, -0.25) is 9.59 Å². The van der Waals surface area contributed by atoms with Gasteiger partial charge in [-0.15, -0.1) is 0 Å². The second-order valence-electron chi connectivity index (χ2n) is 7.96. The van der Waals surface area contributed by atoms with E-state index in [9.17, 15) is 9.59 Å². The van der Waals surface area contributed by atoms with Crippen molar-refractivity contribution < 1.29 is 9.59 Å². The number of carbonyl (C=O) groups excluding carboxylic acids is 2. The molecule has 2 aromatic heterocycles. The molecule has 0 aliphatic heterocycles. The molecular formula is C27H23N3O2. The monoisotopic (exact) mass is 421 g/mol. The van der Waals surface area contributed by atoms with Crippen molar-refractivity contribution in [3.05, 3.63) is 107 Å². The first-order valence-electron chi connectivity index (χ1n) is 10.6.